The molecule has 1 rings (SSSR count). The normalized spacial score (nSPS) is 9.73. The number of carbonyl (C=O) groups is 2. The monoisotopic (exact) mass is 227 g/mol. The summed E-state index contributed by atoms with van der Waals surface area (Å²) in [5.41, 5.74) is -0.447. The molecular weight excluding hydrogens is 222 g/mol. The van der Waals surface area contributed by atoms with Crippen molar-refractivity contribution in [2.75, 3.05) is 0 Å². The van der Waals surface area contributed by atoms with Gasteiger partial charge in [-0.3, -0.25) is 19.7 Å². The lowest BCUT2D eigenvalue weighted by molar-refractivity contribution is -0.385. The van der Waals surface area contributed by atoms with Crippen molar-refractivity contribution in [3.63, 3.8) is 0 Å². The van der Waals surface area contributed by atoms with Crippen molar-refractivity contribution >= 4 is 29.4 Å². The second kappa shape index (κ2) is 4.18. The molecule has 0 fully saturated rings. The van der Waals surface area contributed by atoms with E-state index in [4.69, 9.17) is 11.6 Å². The maximum Gasteiger partial charge on any atom is 0.281 e. The van der Waals surface area contributed by atoms with E-state index in [-0.39, 0.29) is 16.1 Å². The molecule has 0 aliphatic heterocycles. The molecule has 0 saturated heterocycles. The fourth-order valence-electron chi connectivity index (χ4n) is 1.10. The molecule has 15 heavy (non-hydrogen) atoms. The van der Waals surface area contributed by atoms with Crippen LogP contribution < -0.4 is 0 Å². The van der Waals surface area contributed by atoms with Crippen LogP contribution in [0.2, 0.25) is 5.02 Å². The lowest BCUT2D eigenvalue weighted by Crippen LogP contribution is -2.01. The lowest BCUT2D eigenvalue weighted by atomic mass is 10.1. The highest BCUT2D eigenvalue weighted by atomic mass is 35.5. The van der Waals surface area contributed by atoms with Crippen molar-refractivity contribution in [1.29, 1.82) is 0 Å². The topological polar surface area (TPSA) is 77.3 Å². The lowest BCUT2D eigenvalue weighted by Gasteiger charge is -2.01. The zero-order chi connectivity index (χ0) is 11.6. The first-order valence-corrected chi connectivity index (χ1v) is 4.29. The molecule has 0 bridgehead atoms. The van der Waals surface area contributed by atoms with Crippen molar-refractivity contribution in [3.05, 3.63) is 38.4 Å². The second-order valence-corrected chi connectivity index (χ2v) is 3.23. The third kappa shape index (κ3) is 2.19. The van der Waals surface area contributed by atoms with E-state index in [1.807, 2.05) is 0 Å². The molecule has 5 nitrogen and oxygen atoms in total. The molecule has 0 aliphatic rings. The summed E-state index contributed by atoms with van der Waals surface area (Å²) < 4.78 is 0. The molecule has 0 heterocycles. The summed E-state index contributed by atoms with van der Waals surface area (Å²) in [7, 11) is 0. The predicted molar refractivity (Wildman–Crippen MR) is 53.5 cm³/mol. The molecule has 0 radical (unpaired) electrons. The van der Waals surface area contributed by atoms with Crippen LogP contribution in [0.4, 0.5) is 5.69 Å². The van der Waals surface area contributed by atoms with E-state index in [9.17, 15) is 19.7 Å². The number of benzene rings is 1. The van der Waals surface area contributed by atoms with Gasteiger partial charge in [-0.2, -0.15) is 0 Å². The number of carbonyl (C=O) groups excluding carboxylic acids is 2. The number of hydrogen-bond donors (Lipinski definition) is 0. The van der Waals surface area contributed by atoms with Gasteiger partial charge in [-0.15, -0.1) is 0 Å². The molecule has 78 valence electrons. The number of aldehydes is 1. The molecule has 6 heteroatoms. The van der Waals surface area contributed by atoms with Crippen molar-refractivity contribution in [2.45, 2.75) is 6.92 Å². The fraction of sp³-hybridized carbons (Fsp3) is 0.111. The number of nitro benzene ring substituents is 1. The van der Waals surface area contributed by atoms with Gasteiger partial charge in [0.1, 0.15) is 0 Å². The smallest absolute Gasteiger partial charge is 0.281 e. The van der Waals surface area contributed by atoms with Crippen LogP contribution in [-0.4, -0.2) is 17.0 Å². The number of ketones is 1. The van der Waals surface area contributed by atoms with Crippen LogP contribution in [0.15, 0.2) is 12.1 Å². The molecule has 0 atom stereocenters. The zero-order valence-corrected chi connectivity index (χ0v) is 8.45. The summed E-state index contributed by atoms with van der Waals surface area (Å²) in [5, 5.41) is 10.5. The number of halogens is 1. The Morgan fingerprint density at radius 3 is 2.53 bits per heavy atom. The van der Waals surface area contributed by atoms with Gasteiger partial charge in [0.05, 0.1) is 15.5 Å². The van der Waals surface area contributed by atoms with E-state index < -0.39 is 16.4 Å². The van der Waals surface area contributed by atoms with Crippen LogP contribution in [-0.2, 0) is 0 Å². The van der Waals surface area contributed by atoms with Crippen molar-refractivity contribution in [2.24, 2.45) is 0 Å². The summed E-state index contributed by atoms with van der Waals surface area (Å²) in [5.74, 6) is -0.485. The molecule has 0 saturated carbocycles. The van der Waals surface area contributed by atoms with Gasteiger partial charge in [0, 0.05) is 11.6 Å². The van der Waals surface area contributed by atoms with E-state index in [0.717, 1.165) is 12.1 Å². The van der Waals surface area contributed by atoms with Crippen molar-refractivity contribution in [1.82, 2.24) is 0 Å². The highest BCUT2D eigenvalue weighted by molar-refractivity contribution is 6.33. The molecule has 0 N–H and O–H groups in total. The van der Waals surface area contributed by atoms with Gasteiger partial charge in [-0.25, -0.2) is 0 Å². The highest BCUT2D eigenvalue weighted by Gasteiger charge is 2.20. The predicted octanol–water partition coefficient (Wildman–Crippen LogP) is 2.26. The van der Waals surface area contributed by atoms with E-state index in [1.165, 1.54) is 6.92 Å². The van der Waals surface area contributed by atoms with Gasteiger partial charge >= 0.3 is 0 Å². The number of nitrogens with zero attached hydrogens (tertiary/aromatic N) is 1. The first-order valence-electron chi connectivity index (χ1n) is 3.91. The van der Waals surface area contributed by atoms with Gasteiger partial charge in [0.15, 0.2) is 12.1 Å². The Hall–Kier alpha value is -1.75. The van der Waals surface area contributed by atoms with E-state index in [2.05, 4.69) is 0 Å². The SMILES string of the molecule is CC(=O)c1cc(C=O)c(Cl)cc1[N+](=O)[O-]. The summed E-state index contributed by atoms with van der Waals surface area (Å²) in [6, 6.07) is 2.12. The highest BCUT2D eigenvalue weighted by Crippen LogP contribution is 2.26. The average Bonchev–Trinajstić information content (AvgIpc) is 2.16. The molecule has 1 aromatic rings. The van der Waals surface area contributed by atoms with Gasteiger partial charge in [-0.1, -0.05) is 11.6 Å². The molecule has 1 aromatic carbocycles. The number of hydrogen-bond acceptors (Lipinski definition) is 4. The third-order valence-electron chi connectivity index (χ3n) is 1.82. The number of nitro groups is 1. The third-order valence-corrected chi connectivity index (χ3v) is 2.15. The van der Waals surface area contributed by atoms with Crippen LogP contribution in [0.5, 0.6) is 0 Å². The Kier molecular flexibility index (Phi) is 3.16. The fourth-order valence-corrected chi connectivity index (χ4v) is 1.31. The Morgan fingerprint density at radius 2 is 2.13 bits per heavy atom. The van der Waals surface area contributed by atoms with Crippen molar-refractivity contribution in [3.8, 4) is 0 Å². The Bertz CT molecular complexity index is 456. The largest absolute Gasteiger partial charge is 0.298 e. The molecule has 0 aromatic heterocycles. The van der Waals surface area contributed by atoms with Gasteiger partial charge < -0.3 is 0 Å². The molecule has 0 amide bonds. The Balaban J connectivity index is 3.52. The summed E-state index contributed by atoms with van der Waals surface area (Å²) in [4.78, 5) is 31.5. The van der Waals surface area contributed by atoms with Crippen LogP contribution in [0, 0.1) is 10.1 Å². The number of rotatable bonds is 3. The maximum atomic E-state index is 11.1. The van der Waals surface area contributed by atoms with Gasteiger partial charge in [-0.05, 0) is 13.0 Å². The van der Waals surface area contributed by atoms with Crippen LogP contribution in [0.25, 0.3) is 0 Å². The molecule has 0 aliphatic carbocycles. The summed E-state index contributed by atoms with van der Waals surface area (Å²) in [6.45, 7) is 1.19. The summed E-state index contributed by atoms with van der Waals surface area (Å²) >= 11 is 5.60. The quantitative estimate of drug-likeness (QED) is 0.343. The second-order valence-electron chi connectivity index (χ2n) is 2.82. The standard InChI is InChI=1S/C9H6ClNO4/c1-5(13)7-2-6(4-12)8(10)3-9(7)11(14)15/h2-4H,1H3. The molecule has 0 unspecified atom stereocenters. The van der Waals surface area contributed by atoms with Crippen LogP contribution in [0.1, 0.15) is 27.6 Å². The first kappa shape index (κ1) is 11.3. The Labute approximate surface area is 89.8 Å². The van der Waals surface area contributed by atoms with E-state index >= 15 is 0 Å². The number of Topliss-reactive ketones (excluding diaryl/α,β-unsaturated/α-hetero) is 1. The minimum absolute atomic E-state index is 0.0401. The maximum absolute atomic E-state index is 11.1. The molecule has 0 spiro atoms. The van der Waals surface area contributed by atoms with E-state index in [0.29, 0.717) is 6.29 Å². The van der Waals surface area contributed by atoms with Gasteiger partial charge in [0.2, 0.25) is 0 Å². The van der Waals surface area contributed by atoms with E-state index in [1.54, 1.807) is 0 Å². The Morgan fingerprint density at radius 1 is 1.53 bits per heavy atom. The molecular formula is C9H6ClNO4. The minimum Gasteiger partial charge on any atom is -0.298 e. The van der Waals surface area contributed by atoms with Crippen LogP contribution >= 0.6 is 11.6 Å². The van der Waals surface area contributed by atoms with Crippen molar-refractivity contribution < 1.29 is 14.5 Å². The van der Waals surface area contributed by atoms with Gasteiger partial charge in [0.25, 0.3) is 5.69 Å². The minimum atomic E-state index is -0.711. The first-order chi connectivity index (χ1) is 6.97. The average molecular weight is 228 g/mol. The summed E-state index contributed by atoms with van der Waals surface area (Å²) in [6.07, 6.45) is 0.443. The van der Waals surface area contributed by atoms with Crippen LogP contribution in [0.3, 0.4) is 0 Å². The zero-order valence-electron chi connectivity index (χ0n) is 7.69.